The molecule has 1 unspecified atom stereocenters. The monoisotopic (exact) mass is 323 g/mol. The molecule has 1 atom stereocenters. The average Bonchev–Trinajstić information content (AvgIpc) is 2.44. The third-order valence-electron chi connectivity index (χ3n) is 5.74. The van der Waals surface area contributed by atoms with Crippen LogP contribution in [0.4, 0.5) is 4.79 Å². The normalized spacial score (nSPS) is 35.7. The van der Waals surface area contributed by atoms with Crippen LogP contribution in [0.5, 0.6) is 0 Å². The van der Waals surface area contributed by atoms with Gasteiger partial charge < -0.3 is 21.1 Å². The van der Waals surface area contributed by atoms with Gasteiger partial charge in [0.2, 0.25) is 5.91 Å². The van der Waals surface area contributed by atoms with Gasteiger partial charge in [0.15, 0.2) is 0 Å². The predicted molar refractivity (Wildman–Crippen MR) is 86.7 cm³/mol. The van der Waals surface area contributed by atoms with E-state index in [0.29, 0.717) is 6.54 Å². The van der Waals surface area contributed by atoms with E-state index in [1.165, 1.54) is 19.3 Å². The molecule has 4 rings (SSSR count). The van der Waals surface area contributed by atoms with Crippen molar-refractivity contribution in [2.75, 3.05) is 13.2 Å². The van der Waals surface area contributed by atoms with Crippen molar-refractivity contribution in [3.05, 3.63) is 0 Å². The summed E-state index contributed by atoms with van der Waals surface area (Å²) in [6.07, 6.45) is 7.67. The van der Waals surface area contributed by atoms with Gasteiger partial charge in [-0.1, -0.05) is 0 Å². The third kappa shape index (κ3) is 3.97. The number of hydrogen-bond acceptors (Lipinski definition) is 3. The van der Waals surface area contributed by atoms with Crippen LogP contribution in [0.25, 0.3) is 0 Å². The van der Waals surface area contributed by atoms with Crippen LogP contribution in [-0.2, 0) is 4.79 Å². The first-order valence-corrected chi connectivity index (χ1v) is 8.94. The van der Waals surface area contributed by atoms with E-state index in [2.05, 4.69) is 16.0 Å². The Morgan fingerprint density at radius 3 is 2.22 bits per heavy atom. The number of aliphatic hydroxyl groups excluding tert-OH is 1. The van der Waals surface area contributed by atoms with Crippen LogP contribution in [0.2, 0.25) is 0 Å². The number of aliphatic hydroxyl groups is 1. The molecule has 0 aliphatic heterocycles. The van der Waals surface area contributed by atoms with Crippen LogP contribution in [-0.4, -0.2) is 41.8 Å². The van der Waals surface area contributed by atoms with Gasteiger partial charge in [0, 0.05) is 24.5 Å². The number of carbonyl (C=O) groups excluding carboxylic acids is 2. The summed E-state index contributed by atoms with van der Waals surface area (Å²) in [5.74, 6) is 2.24. The Balaban J connectivity index is 1.41. The first kappa shape index (κ1) is 16.6. The zero-order chi connectivity index (χ0) is 16.4. The molecule has 4 saturated carbocycles. The van der Waals surface area contributed by atoms with Crippen LogP contribution >= 0.6 is 0 Å². The molecule has 0 aromatic heterocycles. The predicted octanol–water partition coefficient (Wildman–Crippen LogP) is 1.14. The molecule has 4 fully saturated rings. The fourth-order valence-electron chi connectivity index (χ4n) is 5.23. The van der Waals surface area contributed by atoms with Crippen LogP contribution < -0.4 is 16.0 Å². The molecule has 4 aliphatic rings. The number of amides is 3. The summed E-state index contributed by atoms with van der Waals surface area (Å²) in [6, 6.07) is -0.390. The molecule has 0 spiro atoms. The summed E-state index contributed by atoms with van der Waals surface area (Å²) >= 11 is 0. The zero-order valence-corrected chi connectivity index (χ0v) is 13.9. The number of rotatable bonds is 6. The van der Waals surface area contributed by atoms with E-state index in [-0.39, 0.29) is 36.5 Å². The lowest BCUT2D eigenvalue weighted by atomic mass is 9.53. The van der Waals surface area contributed by atoms with E-state index in [0.717, 1.165) is 37.0 Å². The maximum atomic E-state index is 12.2. The third-order valence-corrected chi connectivity index (χ3v) is 5.74. The molecule has 0 aromatic carbocycles. The lowest BCUT2D eigenvalue weighted by Crippen LogP contribution is -2.61. The van der Waals surface area contributed by atoms with Gasteiger partial charge in [-0.25, -0.2) is 4.79 Å². The lowest BCUT2D eigenvalue weighted by molar-refractivity contribution is -0.121. The van der Waals surface area contributed by atoms with Crippen LogP contribution in [0.1, 0.15) is 51.9 Å². The number of carbonyl (C=O) groups is 2. The van der Waals surface area contributed by atoms with Crippen molar-refractivity contribution in [1.29, 1.82) is 0 Å². The lowest BCUT2D eigenvalue weighted by Gasteiger charge is -2.56. The molecule has 3 amide bonds. The average molecular weight is 323 g/mol. The number of urea groups is 1. The molecule has 4 bridgehead atoms. The molecule has 4 N–H and O–H groups in total. The van der Waals surface area contributed by atoms with E-state index >= 15 is 0 Å². The Kier molecular flexibility index (Phi) is 4.80. The molecule has 6 nitrogen and oxygen atoms in total. The van der Waals surface area contributed by atoms with Crippen LogP contribution in [0, 0.1) is 17.8 Å². The number of nitrogens with one attached hydrogen (secondary N) is 3. The first-order valence-electron chi connectivity index (χ1n) is 8.94. The molecule has 0 heterocycles. The van der Waals surface area contributed by atoms with E-state index in [1.807, 2.05) is 0 Å². The Morgan fingerprint density at radius 1 is 1.13 bits per heavy atom. The quantitative estimate of drug-likeness (QED) is 0.591. The van der Waals surface area contributed by atoms with Crippen molar-refractivity contribution in [1.82, 2.24) is 16.0 Å². The molecule has 6 heteroatoms. The first-order chi connectivity index (χ1) is 11.0. The van der Waals surface area contributed by atoms with Gasteiger partial charge in [0.05, 0.1) is 6.61 Å². The Bertz CT molecular complexity index is 431. The second-order valence-corrected chi connectivity index (χ2v) is 7.98. The standard InChI is InChI=1S/C17H29N3O3/c1-11(10-21)19-15(22)2-3-18-16(23)20-17-7-12-4-13(8-17)6-14(5-12)9-17/h11-14,21H,2-10H2,1H3,(H,19,22)(H2,18,20,23). The summed E-state index contributed by atoms with van der Waals surface area (Å²) in [7, 11) is 0. The second-order valence-electron chi connectivity index (χ2n) is 7.98. The highest BCUT2D eigenvalue weighted by Crippen LogP contribution is 2.55. The van der Waals surface area contributed by atoms with Gasteiger partial charge in [-0.15, -0.1) is 0 Å². The van der Waals surface area contributed by atoms with Crippen molar-refractivity contribution in [2.24, 2.45) is 17.8 Å². The molecular weight excluding hydrogens is 294 g/mol. The van der Waals surface area contributed by atoms with Crippen LogP contribution in [0.15, 0.2) is 0 Å². The minimum atomic E-state index is -0.247. The van der Waals surface area contributed by atoms with Gasteiger partial charge in [-0.05, 0) is 63.2 Å². The minimum absolute atomic E-state index is 0.00644. The van der Waals surface area contributed by atoms with E-state index in [4.69, 9.17) is 5.11 Å². The van der Waals surface area contributed by atoms with Gasteiger partial charge in [-0.3, -0.25) is 4.79 Å². The number of hydrogen-bond donors (Lipinski definition) is 4. The van der Waals surface area contributed by atoms with Crippen molar-refractivity contribution < 1.29 is 14.7 Å². The SMILES string of the molecule is CC(CO)NC(=O)CCNC(=O)NC12CC3CC(CC(C3)C1)C2. The largest absolute Gasteiger partial charge is 0.394 e. The van der Waals surface area contributed by atoms with Crippen molar-refractivity contribution in [2.45, 2.75) is 63.5 Å². The van der Waals surface area contributed by atoms with E-state index in [1.54, 1.807) is 6.92 Å². The maximum Gasteiger partial charge on any atom is 0.315 e. The second kappa shape index (κ2) is 6.67. The molecule has 0 radical (unpaired) electrons. The van der Waals surface area contributed by atoms with Gasteiger partial charge in [0.1, 0.15) is 0 Å². The molecule has 23 heavy (non-hydrogen) atoms. The zero-order valence-electron chi connectivity index (χ0n) is 13.9. The van der Waals surface area contributed by atoms with Crippen molar-refractivity contribution in [3.8, 4) is 0 Å². The van der Waals surface area contributed by atoms with Crippen molar-refractivity contribution in [3.63, 3.8) is 0 Å². The van der Waals surface area contributed by atoms with E-state index in [9.17, 15) is 9.59 Å². The highest BCUT2D eigenvalue weighted by Gasteiger charge is 2.51. The summed E-state index contributed by atoms with van der Waals surface area (Å²) in [4.78, 5) is 23.8. The maximum absolute atomic E-state index is 12.2. The van der Waals surface area contributed by atoms with E-state index < -0.39 is 0 Å². The molecule has 0 saturated heterocycles. The summed E-state index contributed by atoms with van der Waals surface area (Å²) in [5, 5.41) is 17.6. The highest BCUT2D eigenvalue weighted by molar-refractivity contribution is 5.78. The fraction of sp³-hybridized carbons (Fsp3) is 0.882. The summed E-state index contributed by atoms with van der Waals surface area (Å²) < 4.78 is 0. The van der Waals surface area contributed by atoms with Crippen molar-refractivity contribution >= 4 is 11.9 Å². The summed E-state index contributed by atoms with van der Waals surface area (Å²) in [5.41, 5.74) is 0.00644. The Hall–Kier alpha value is -1.30. The summed E-state index contributed by atoms with van der Waals surface area (Å²) in [6.45, 7) is 1.99. The molecule has 4 aliphatic carbocycles. The van der Waals surface area contributed by atoms with Gasteiger partial charge in [0.25, 0.3) is 0 Å². The smallest absolute Gasteiger partial charge is 0.315 e. The minimum Gasteiger partial charge on any atom is -0.394 e. The topological polar surface area (TPSA) is 90.5 Å². The highest BCUT2D eigenvalue weighted by atomic mass is 16.3. The van der Waals surface area contributed by atoms with Gasteiger partial charge >= 0.3 is 6.03 Å². The molecular formula is C17H29N3O3. The molecule has 0 aromatic rings. The Morgan fingerprint density at radius 2 is 1.70 bits per heavy atom. The van der Waals surface area contributed by atoms with Crippen LogP contribution in [0.3, 0.4) is 0 Å². The van der Waals surface area contributed by atoms with Gasteiger partial charge in [-0.2, -0.15) is 0 Å². The Labute approximate surface area is 137 Å². The fourth-order valence-corrected chi connectivity index (χ4v) is 5.23. The molecule has 130 valence electrons.